The third-order valence-electron chi connectivity index (χ3n) is 5.42. The molecular weight excluding hydrogens is 410 g/mol. The molecule has 166 valence electrons. The Kier molecular flexibility index (Phi) is 6.38. The molecule has 32 heavy (non-hydrogen) atoms. The lowest BCUT2D eigenvalue weighted by Gasteiger charge is -2.16. The summed E-state index contributed by atoms with van der Waals surface area (Å²) < 4.78 is 1.72. The normalized spacial score (nSPS) is 11.7. The molecule has 1 heterocycles. The molecule has 1 atom stereocenters. The number of nitrogens with zero attached hydrogens (tertiary/aromatic N) is 4. The van der Waals surface area contributed by atoms with E-state index in [1.54, 1.807) is 54.1 Å². The third kappa shape index (κ3) is 4.36. The number of anilines is 1. The van der Waals surface area contributed by atoms with Crippen LogP contribution in [-0.4, -0.2) is 40.5 Å². The predicted octanol–water partition coefficient (Wildman–Crippen LogP) is 3.42. The van der Waals surface area contributed by atoms with Gasteiger partial charge in [-0.1, -0.05) is 18.2 Å². The lowest BCUT2D eigenvalue weighted by Crippen LogP contribution is -2.28. The molecule has 3 aromatic rings. The zero-order chi connectivity index (χ0) is 23.6. The Hall–Kier alpha value is -4.01. The minimum Gasteiger partial charge on any atom is -0.372 e. The zero-order valence-electron chi connectivity index (χ0n) is 18.6. The maximum atomic E-state index is 13.2. The lowest BCUT2D eigenvalue weighted by atomic mass is 9.96. The van der Waals surface area contributed by atoms with Crippen LogP contribution in [0.1, 0.15) is 50.5 Å². The van der Waals surface area contributed by atoms with Crippen LogP contribution in [0.4, 0.5) is 11.4 Å². The van der Waals surface area contributed by atoms with E-state index >= 15 is 0 Å². The Morgan fingerprint density at radius 3 is 2.38 bits per heavy atom. The molecule has 1 N–H and O–H groups in total. The molecule has 1 amide bonds. The number of nitro groups is 1. The summed E-state index contributed by atoms with van der Waals surface area (Å²) in [6, 6.07) is 10.4. The van der Waals surface area contributed by atoms with E-state index in [0.29, 0.717) is 5.69 Å². The second kappa shape index (κ2) is 9.01. The molecule has 1 unspecified atom stereocenters. The van der Waals surface area contributed by atoms with Gasteiger partial charge in [-0.25, -0.2) is 0 Å². The van der Waals surface area contributed by atoms with E-state index in [4.69, 9.17) is 0 Å². The van der Waals surface area contributed by atoms with Gasteiger partial charge in [0.1, 0.15) is 5.69 Å². The molecule has 0 radical (unpaired) electrons. The number of amides is 1. The van der Waals surface area contributed by atoms with Crippen LogP contribution < -0.4 is 10.2 Å². The van der Waals surface area contributed by atoms with Crippen molar-refractivity contribution in [3.8, 4) is 0 Å². The monoisotopic (exact) mass is 435 g/mol. The third-order valence-corrected chi connectivity index (χ3v) is 5.42. The second-order valence-corrected chi connectivity index (χ2v) is 7.73. The van der Waals surface area contributed by atoms with Crippen molar-refractivity contribution in [1.82, 2.24) is 15.1 Å². The Balaban J connectivity index is 1.93. The molecule has 0 saturated heterocycles. The van der Waals surface area contributed by atoms with E-state index in [1.807, 2.05) is 20.9 Å². The van der Waals surface area contributed by atoms with E-state index in [1.165, 1.54) is 18.2 Å². The van der Waals surface area contributed by atoms with Crippen LogP contribution in [0.25, 0.3) is 0 Å². The molecule has 1 aromatic heterocycles. The number of carbonyl (C=O) groups excluding carboxylic acids is 2. The molecule has 0 saturated carbocycles. The topological polar surface area (TPSA) is 110 Å². The number of hydrogen-bond donors (Lipinski definition) is 1. The molecule has 0 aliphatic heterocycles. The number of rotatable bonds is 7. The van der Waals surface area contributed by atoms with Gasteiger partial charge in [-0.3, -0.25) is 24.4 Å². The highest BCUT2D eigenvalue weighted by atomic mass is 16.6. The molecule has 3 rings (SSSR count). The largest absolute Gasteiger partial charge is 0.372 e. The first-order chi connectivity index (χ1) is 15.1. The molecule has 0 spiro atoms. The number of aromatic nitrogens is 2. The van der Waals surface area contributed by atoms with Crippen LogP contribution in [0.3, 0.4) is 0 Å². The van der Waals surface area contributed by atoms with E-state index in [2.05, 4.69) is 10.4 Å². The van der Waals surface area contributed by atoms with Gasteiger partial charge in [0.2, 0.25) is 0 Å². The molecular formula is C23H25N5O4. The maximum Gasteiger partial charge on any atom is 0.293 e. The van der Waals surface area contributed by atoms with Crippen molar-refractivity contribution in [3.63, 3.8) is 0 Å². The van der Waals surface area contributed by atoms with E-state index in [-0.39, 0.29) is 28.4 Å². The lowest BCUT2D eigenvalue weighted by molar-refractivity contribution is -0.384. The first-order valence-electron chi connectivity index (χ1n) is 10.0. The van der Waals surface area contributed by atoms with Gasteiger partial charge in [0, 0.05) is 49.6 Å². The summed E-state index contributed by atoms with van der Waals surface area (Å²) >= 11 is 0. The van der Waals surface area contributed by atoms with Crippen LogP contribution in [0.15, 0.2) is 48.7 Å². The Morgan fingerprint density at radius 1 is 1.16 bits per heavy atom. The smallest absolute Gasteiger partial charge is 0.293 e. The maximum absolute atomic E-state index is 13.2. The molecule has 0 fully saturated rings. The fraction of sp³-hybridized carbons (Fsp3) is 0.261. The molecule has 2 aromatic carbocycles. The van der Waals surface area contributed by atoms with Gasteiger partial charge in [0.15, 0.2) is 5.78 Å². The fourth-order valence-electron chi connectivity index (χ4n) is 3.52. The van der Waals surface area contributed by atoms with Crippen molar-refractivity contribution >= 4 is 23.1 Å². The Bertz CT molecular complexity index is 1200. The van der Waals surface area contributed by atoms with Gasteiger partial charge in [-0.2, -0.15) is 5.10 Å². The number of aryl methyl sites for hydroxylation is 1. The summed E-state index contributed by atoms with van der Waals surface area (Å²) in [5.74, 6) is -0.876. The number of ketones is 1. The summed E-state index contributed by atoms with van der Waals surface area (Å²) in [6.07, 6.45) is 1.70. The summed E-state index contributed by atoms with van der Waals surface area (Å²) in [5.41, 5.74) is 2.52. The predicted molar refractivity (Wildman–Crippen MR) is 121 cm³/mol. The van der Waals surface area contributed by atoms with Crippen molar-refractivity contribution in [2.75, 3.05) is 19.0 Å². The van der Waals surface area contributed by atoms with Gasteiger partial charge in [0.25, 0.3) is 11.6 Å². The number of nitro benzene ring substituents is 1. The standard InChI is InChI=1S/C23H25N5O4/c1-14(19-13-24-27(5)15(19)2)25-23(30)18-9-7-6-8-17(18)22(29)16-10-11-20(26(3)4)21(12-16)28(31)32/h6-14H,1-5H3,(H,25,30). The highest BCUT2D eigenvalue weighted by Crippen LogP contribution is 2.29. The molecule has 0 aliphatic carbocycles. The Labute approximate surface area is 185 Å². The first kappa shape index (κ1) is 22.7. The summed E-state index contributed by atoms with van der Waals surface area (Å²) in [4.78, 5) is 38.8. The van der Waals surface area contributed by atoms with Gasteiger partial charge in [0.05, 0.1) is 22.7 Å². The number of nitrogens with one attached hydrogen (secondary N) is 1. The number of hydrogen-bond acceptors (Lipinski definition) is 6. The Morgan fingerprint density at radius 2 is 1.81 bits per heavy atom. The van der Waals surface area contributed by atoms with Gasteiger partial charge in [-0.15, -0.1) is 0 Å². The summed E-state index contributed by atoms with van der Waals surface area (Å²) in [6.45, 7) is 3.75. The number of benzene rings is 2. The van der Waals surface area contributed by atoms with E-state index < -0.39 is 16.6 Å². The van der Waals surface area contributed by atoms with Crippen LogP contribution >= 0.6 is 0 Å². The van der Waals surface area contributed by atoms with Crippen molar-refractivity contribution in [1.29, 1.82) is 0 Å². The SMILES string of the molecule is Cc1c(C(C)NC(=O)c2ccccc2C(=O)c2ccc(N(C)C)c([N+](=O)[O-])c2)cnn1C. The molecule has 9 nitrogen and oxygen atoms in total. The van der Waals surface area contributed by atoms with Crippen LogP contribution in [0.2, 0.25) is 0 Å². The number of carbonyl (C=O) groups is 2. The highest BCUT2D eigenvalue weighted by molar-refractivity contribution is 6.15. The minimum absolute atomic E-state index is 0.138. The zero-order valence-corrected chi connectivity index (χ0v) is 18.6. The van der Waals surface area contributed by atoms with Gasteiger partial charge >= 0.3 is 0 Å². The minimum atomic E-state index is -0.525. The van der Waals surface area contributed by atoms with E-state index in [9.17, 15) is 19.7 Å². The van der Waals surface area contributed by atoms with Crippen LogP contribution in [-0.2, 0) is 7.05 Å². The van der Waals surface area contributed by atoms with E-state index in [0.717, 1.165) is 11.3 Å². The van der Waals surface area contributed by atoms with Crippen molar-refractivity contribution in [2.24, 2.45) is 7.05 Å². The van der Waals surface area contributed by atoms with Crippen molar-refractivity contribution in [3.05, 3.63) is 86.7 Å². The molecule has 0 aliphatic rings. The van der Waals surface area contributed by atoms with Crippen LogP contribution in [0, 0.1) is 17.0 Å². The van der Waals surface area contributed by atoms with Gasteiger partial charge < -0.3 is 10.2 Å². The first-order valence-corrected chi connectivity index (χ1v) is 10.0. The van der Waals surface area contributed by atoms with Gasteiger partial charge in [-0.05, 0) is 32.0 Å². The molecule has 0 bridgehead atoms. The quantitative estimate of drug-likeness (QED) is 0.346. The summed E-state index contributed by atoms with van der Waals surface area (Å²) in [7, 11) is 5.20. The van der Waals surface area contributed by atoms with Crippen molar-refractivity contribution in [2.45, 2.75) is 19.9 Å². The molecule has 9 heteroatoms. The van der Waals surface area contributed by atoms with Crippen LogP contribution in [0.5, 0.6) is 0 Å². The summed E-state index contributed by atoms with van der Waals surface area (Å²) in [5, 5.41) is 18.6. The second-order valence-electron chi connectivity index (χ2n) is 7.73. The average Bonchev–Trinajstić information content (AvgIpc) is 3.11. The highest BCUT2D eigenvalue weighted by Gasteiger charge is 2.24. The van der Waals surface area contributed by atoms with Crippen molar-refractivity contribution < 1.29 is 14.5 Å². The average molecular weight is 435 g/mol. The fourth-order valence-corrected chi connectivity index (χ4v) is 3.52.